The summed E-state index contributed by atoms with van der Waals surface area (Å²) in [6, 6.07) is 9.45. The lowest BCUT2D eigenvalue weighted by Crippen LogP contribution is -2.55. The van der Waals surface area contributed by atoms with E-state index >= 15 is 0 Å². The van der Waals surface area contributed by atoms with E-state index < -0.39 is 0 Å². The van der Waals surface area contributed by atoms with Crippen LogP contribution in [-0.2, 0) is 6.42 Å². The number of nitrogens with one attached hydrogen (secondary N) is 2. The normalized spacial score (nSPS) is 24.6. The highest BCUT2D eigenvalue weighted by Crippen LogP contribution is 2.16. The molecule has 1 heterocycles. The van der Waals surface area contributed by atoms with Crippen molar-refractivity contribution >= 4 is 0 Å². The SMILES string of the molecule is CCOc1cccc(CC2NCCNC2C)c1. The molecule has 1 aromatic carbocycles. The molecule has 1 saturated heterocycles. The van der Waals surface area contributed by atoms with Crippen molar-refractivity contribution in [1.82, 2.24) is 10.6 Å². The molecule has 0 radical (unpaired) electrons. The Hall–Kier alpha value is -1.06. The van der Waals surface area contributed by atoms with Gasteiger partial charge in [0.05, 0.1) is 6.61 Å². The molecule has 1 aromatic rings. The van der Waals surface area contributed by atoms with Crippen LogP contribution in [0.15, 0.2) is 24.3 Å². The summed E-state index contributed by atoms with van der Waals surface area (Å²) in [5.41, 5.74) is 1.34. The summed E-state index contributed by atoms with van der Waals surface area (Å²) < 4.78 is 5.53. The zero-order chi connectivity index (χ0) is 12.1. The van der Waals surface area contributed by atoms with Gasteiger partial charge < -0.3 is 15.4 Å². The van der Waals surface area contributed by atoms with Crippen molar-refractivity contribution in [2.24, 2.45) is 0 Å². The first-order chi connectivity index (χ1) is 8.29. The van der Waals surface area contributed by atoms with Crippen molar-refractivity contribution in [3.05, 3.63) is 29.8 Å². The molecule has 1 fully saturated rings. The van der Waals surface area contributed by atoms with Crippen LogP contribution in [0, 0.1) is 0 Å². The van der Waals surface area contributed by atoms with Gasteiger partial charge >= 0.3 is 0 Å². The maximum atomic E-state index is 5.53. The van der Waals surface area contributed by atoms with Crippen LogP contribution in [0.5, 0.6) is 5.75 Å². The number of piperazine rings is 1. The molecule has 0 amide bonds. The fourth-order valence-corrected chi connectivity index (χ4v) is 2.31. The minimum Gasteiger partial charge on any atom is -0.494 e. The van der Waals surface area contributed by atoms with Gasteiger partial charge in [0.2, 0.25) is 0 Å². The largest absolute Gasteiger partial charge is 0.494 e. The number of rotatable bonds is 4. The molecule has 0 spiro atoms. The maximum Gasteiger partial charge on any atom is 0.119 e. The zero-order valence-electron chi connectivity index (χ0n) is 10.7. The van der Waals surface area contributed by atoms with E-state index in [1.165, 1.54) is 5.56 Å². The van der Waals surface area contributed by atoms with E-state index in [-0.39, 0.29) is 0 Å². The van der Waals surface area contributed by atoms with E-state index in [4.69, 9.17) is 4.74 Å². The van der Waals surface area contributed by atoms with E-state index in [1.807, 2.05) is 13.0 Å². The van der Waals surface area contributed by atoms with Gasteiger partial charge in [0.25, 0.3) is 0 Å². The molecule has 0 saturated carbocycles. The number of hydrogen-bond donors (Lipinski definition) is 2. The molecule has 1 aliphatic rings. The zero-order valence-corrected chi connectivity index (χ0v) is 10.7. The lowest BCUT2D eigenvalue weighted by atomic mass is 9.99. The number of ether oxygens (including phenoxy) is 1. The monoisotopic (exact) mass is 234 g/mol. The molecule has 2 N–H and O–H groups in total. The first kappa shape index (κ1) is 12.4. The molecular formula is C14H22N2O. The number of hydrogen-bond acceptors (Lipinski definition) is 3. The Balaban J connectivity index is 1.99. The van der Waals surface area contributed by atoms with Gasteiger partial charge in [0.15, 0.2) is 0 Å². The maximum absolute atomic E-state index is 5.53. The lowest BCUT2D eigenvalue weighted by molar-refractivity contribution is 0.332. The summed E-state index contributed by atoms with van der Waals surface area (Å²) in [5.74, 6) is 0.974. The van der Waals surface area contributed by atoms with Crippen molar-refractivity contribution in [3.8, 4) is 5.75 Å². The van der Waals surface area contributed by atoms with Gasteiger partial charge in [-0.15, -0.1) is 0 Å². The molecule has 3 heteroatoms. The summed E-state index contributed by atoms with van der Waals surface area (Å²) in [6.45, 7) is 7.10. The van der Waals surface area contributed by atoms with Crippen LogP contribution in [0.25, 0.3) is 0 Å². The van der Waals surface area contributed by atoms with Gasteiger partial charge in [0.1, 0.15) is 5.75 Å². The van der Waals surface area contributed by atoms with Crippen molar-refractivity contribution in [3.63, 3.8) is 0 Å². The third kappa shape index (κ3) is 3.45. The molecule has 2 rings (SSSR count). The smallest absolute Gasteiger partial charge is 0.119 e. The lowest BCUT2D eigenvalue weighted by Gasteiger charge is -2.31. The Kier molecular flexibility index (Phi) is 4.40. The molecular weight excluding hydrogens is 212 g/mol. The number of benzene rings is 1. The Bertz CT molecular complexity index is 354. The van der Waals surface area contributed by atoms with Crippen molar-refractivity contribution in [2.45, 2.75) is 32.4 Å². The van der Waals surface area contributed by atoms with Crippen LogP contribution in [0.3, 0.4) is 0 Å². The fraction of sp³-hybridized carbons (Fsp3) is 0.571. The van der Waals surface area contributed by atoms with Gasteiger partial charge in [-0.25, -0.2) is 0 Å². The van der Waals surface area contributed by atoms with Crippen LogP contribution in [0.1, 0.15) is 19.4 Å². The molecule has 2 atom stereocenters. The average Bonchev–Trinajstić information content (AvgIpc) is 2.33. The Labute approximate surface area is 104 Å². The predicted octanol–water partition coefficient (Wildman–Crippen LogP) is 1.58. The van der Waals surface area contributed by atoms with Crippen LogP contribution in [0.4, 0.5) is 0 Å². The Morgan fingerprint density at radius 1 is 1.29 bits per heavy atom. The third-order valence-electron chi connectivity index (χ3n) is 3.27. The molecule has 0 bridgehead atoms. The van der Waals surface area contributed by atoms with Crippen molar-refractivity contribution in [2.75, 3.05) is 19.7 Å². The van der Waals surface area contributed by atoms with Crippen molar-refractivity contribution < 1.29 is 4.74 Å². The minimum atomic E-state index is 0.514. The summed E-state index contributed by atoms with van der Waals surface area (Å²) in [5, 5.41) is 7.06. The molecule has 94 valence electrons. The third-order valence-corrected chi connectivity index (χ3v) is 3.27. The topological polar surface area (TPSA) is 33.3 Å². The summed E-state index contributed by atoms with van der Waals surface area (Å²) in [7, 11) is 0. The quantitative estimate of drug-likeness (QED) is 0.830. The summed E-state index contributed by atoms with van der Waals surface area (Å²) in [4.78, 5) is 0. The Morgan fingerprint density at radius 3 is 2.88 bits per heavy atom. The molecule has 3 nitrogen and oxygen atoms in total. The molecule has 1 aliphatic heterocycles. The second kappa shape index (κ2) is 6.03. The first-order valence-electron chi connectivity index (χ1n) is 6.48. The molecule has 0 aromatic heterocycles. The van der Waals surface area contributed by atoms with Gasteiger partial charge in [-0.1, -0.05) is 12.1 Å². The van der Waals surface area contributed by atoms with Gasteiger partial charge in [0, 0.05) is 25.2 Å². The second-order valence-electron chi connectivity index (χ2n) is 4.59. The van der Waals surface area contributed by atoms with Gasteiger partial charge in [-0.05, 0) is 38.0 Å². The average molecular weight is 234 g/mol. The van der Waals surface area contributed by atoms with E-state index in [0.29, 0.717) is 12.1 Å². The van der Waals surface area contributed by atoms with E-state index in [0.717, 1.165) is 31.9 Å². The molecule has 17 heavy (non-hydrogen) atoms. The van der Waals surface area contributed by atoms with Crippen LogP contribution in [0.2, 0.25) is 0 Å². The standard InChI is InChI=1S/C14H22N2O/c1-3-17-13-6-4-5-12(9-13)10-14-11(2)15-7-8-16-14/h4-6,9,11,14-16H,3,7-8,10H2,1-2H3. The summed E-state index contributed by atoms with van der Waals surface area (Å²) >= 11 is 0. The summed E-state index contributed by atoms with van der Waals surface area (Å²) in [6.07, 6.45) is 1.05. The minimum absolute atomic E-state index is 0.514. The van der Waals surface area contributed by atoms with E-state index in [1.54, 1.807) is 0 Å². The molecule has 0 aliphatic carbocycles. The van der Waals surface area contributed by atoms with Crippen molar-refractivity contribution in [1.29, 1.82) is 0 Å². The highest BCUT2D eigenvalue weighted by Gasteiger charge is 2.20. The highest BCUT2D eigenvalue weighted by atomic mass is 16.5. The van der Waals surface area contributed by atoms with Gasteiger partial charge in [-0.2, -0.15) is 0 Å². The second-order valence-corrected chi connectivity index (χ2v) is 4.59. The van der Waals surface area contributed by atoms with Crippen LogP contribution >= 0.6 is 0 Å². The first-order valence-corrected chi connectivity index (χ1v) is 6.48. The van der Waals surface area contributed by atoms with Crippen LogP contribution < -0.4 is 15.4 Å². The predicted molar refractivity (Wildman–Crippen MR) is 70.6 cm³/mol. The highest BCUT2D eigenvalue weighted by molar-refractivity contribution is 5.29. The Morgan fingerprint density at radius 2 is 2.12 bits per heavy atom. The molecule has 2 unspecified atom stereocenters. The van der Waals surface area contributed by atoms with E-state index in [9.17, 15) is 0 Å². The van der Waals surface area contributed by atoms with Crippen LogP contribution in [-0.4, -0.2) is 31.8 Å². The fourth-order valence-electron chi connectivity index (χ4n) is 2.31. The van der Waals surface area contributed by atoms with E-state index in [2.05, 4.69) is 35.8 Å². The van der Waals surface area contributed by atoms with Gasteiger partial charge in [-0.3, -0.25) is 0 Å².